The van der Waals surface area contributed by atoms with Gasteiger partial charge in [0, 0.05) is 35.3 Å². The van der Waals surface area contributed by atoms with Crippen molar-refractivity contribution in [3.63, 3.8) is 0 Å². The highest BCUT2D eigenvalue weighted by Gasteiger charge is 2.25. The summed E-state index contributed by atoms with van der Waals surface area (Å²) in [5.74, 6) is -0.750. The number of thiazole rings is 1. The Balaban J connectivity index is 1.63. The van der Waals surface area contributed by atoms with Crippen LogP contribution in [0.3, 0.4) is 0 Å². The molecule has 0 radical (unpaired) electrons. The monoisotopic (exact) mass is 528 g/mol. The van der Waals surface area contributed by atoms with Crippen LogP contribution in [0, 0.1) is 0 Å². The predicted molar refractivity (Wildman–Crippen MR) is 135 cm³/mol. The minimum absolute atomic E-state index is 0.0490. The van der Waals surface area contributed by atoms with E-state index in [4.69, 9.17) is 21.4 Å². The number of carboxylic acids is 1. The Labute approximate surface area is 212 Å². The Hall–Kier alpha value is -3.24. The summed E-state index contributed by atoms with van der Waals surface area (Å²) in [6.07, 6.45) is 1.74. The molecule has 4 rings (SSSR count). The fourth-order valence-corrected chi connectivity index (χ4v) is 5.77. The maximum Gasteiger partial charge on any atom is 0.341 e. The molecule has 0 aliphatic heterocycles. The second-order valence-corrected chi connectivity index (χ2v) is 10.9. The number of carbonyl (C=O) groups is 1. The van der Waals surface area contributed by atoms with Crippen molar-refractivity contribution in [1.82, 2.24) is 9.29 Å². The molecule has 0 saturated heterocycles. The van der Waals surface area contributed by atoms with Gasteiger partial charge in [-0.25, -0.2) is 18.2 Å². The molecule has 1 N–H and O–H groups in total. The number of carboxylic acid groups (broad SMARTS) is 1. The zero-order valence-electron chi connectivity index (χ0n) is 18.4. The molecule has 0 bridgehead atoms. The number of halogens is 1. The number of rotatable bonds is 10. The lowest BCUT2D eigenvalue weighted by molar-refractivity contribution is -0.139. The quantitative estimate of drug-likeness (QED) is 0.299. The van der Waals surface area contributed by atoms with E-state index in [2.05, 4.69) is 4.98 Å². The lowest BCUT2D eigenvalue weighted by atomic mass is 10.1. The van der Waals surface area contributed by atoms with Crippen LogP contribution in [-0.4, -0.2) is 35.4 Å². The van der Waals surface area contributed by atoms with Crippen molar-refractivity contribution >= 4 is 38.9 Å². The Morgan fingerprint density at radius 2 is 1.74 bits per heavy atom. The Bertz CT molecular complexity index is 1410. The van der Waals surface area contributed by atoms with Gasteiger partial charge in [0.15, 0.2) is 6.61 Å². The lowest BCUT2D eigenvalue weighted by Crippen LogP contribution is -2.30. The standard InChI is InChI=1S/C25H21ClN2O5S2/c26-21-4-2-6-23(14-21)35(31,32)28(16-19-3-1-5-22(13-19)33-17-24(29)30)15-18-7-9-20(10-8-18)25-27-11-12-34-25/h1-14H,15-17H2,(H,29,30). The number of hydrogen-bond acceptors (Lipinski definition) is 6. The van der Waals surface area contributed by atoms with Gasteiger partial charge in [0.2, 0.25) is 10.0 Å². The SMILES string of the molecule is O=C(O)COc1cccc(CN(Cc2ccc(-c3nccs3)cc2)S(=O)(=O)c2cccc(Cl)c2)c1. The minimum Gasteiger partial charge on any atom is -0.482 e. The first-order valence-electron chi connectivity index (χ1n) is 10.5. The van der Waals surface area contributed by atoms with Gasteiger partial charge < -0.3 is 9.84 Å². The summed E-state index contributed by atoms with van der Waals surface area (Å²) in [6.45, 7) is -0.319. The van der Waals surface area contributed by atoms with Gasteiger partial charge >= 0.3 is 5.97 Å². The van der Waals surface area contributed by atoms with Crippen LogP contribution in [0.25, 0.3) is 10.6 Å². The van der Waals surface area contributed by atoms with E-state index in [-0.39, 0.29) is 18.0 Å². The van der Waals surface area contributed by atoms with E-state index in [1.165, 1.54) is 27.8 Å². The fourth-order valence-electron chi connectivity index (χ4n) is 3.41. The highest BCUT2D eigenvalue weighted by atomic mass is 35.5. The number of benzene rings is 3. The van der Waals surface area contributed by atoms with Crippen LogP contribution in [-0.2, 0) is 27.9 Å². The van der Waals surface area contributed by atoms with E-state index in [0.717, 1.165) is 16.1 Å². The number of ether oxygens (including phenoxy) is 1. The first-order chi connectivity index (χ1) is 16.8. The van der Waals surface area contributed by atoms with Crippen molar-refractivity contribution in [3.05, 3.63) is 101 Å². The predicted octanol–water partition coefficient (Wildman–Crippen LogP) is 5.32. The van der Waals surface area contributed by atoms with E-state index in [1.807, 2.05) is 29.6 Å². The number of nitrogens with zero attached hydrogens (tertiary/aromatic N) is 2. The molecule has 0 atom stereocenters. The molecule has 0 saturated carbocycles. The molecule has 1 heterocycles. The molecule has 180 valence electrons. The van der Waals surface area contributed by atoms with Crippen molar-refractivity contribution in [3.8, 4) is 16.3 Å². The van der Waals surface area contributed by atoms with Crippen molar-refractivity contribution in [2.75, 3.05) is 6.61 Å². The number of hydrogen-bond donors (Lipinski definition) is 1. The third kappa shape index (κ3) is 6.46. The Morgan fingerprint density at radius 1 is 1.00 bits per heavy atom. The van der Waals surface area contributed by atoms with Crippen LogP contribution in [0.15, 0.2) is 89.3 Å². The van der Waals surface area contributed by atoms with Crippen LogP contribution < -0.4 is 4.74 Å². The van der Waals surface area contributed by atoms with Gasteiger partial charge in [-0.1, -0.05) is 54.1 Å². The van der Waals surface area contributed by atoms with E-state index < -0.39 is 22.6 Å². The molecule has 0 aliphatic carbocycles. The molecule has 3 aromatic carbocycles. The average Bonchev–Trinajstić information content (AvgIpc) is 3.38. The molecule has 0 amide bonds. The molecule has 0 unspecified atom stereocenters. The molecule has 10 heteroatoms. The zero-order chi connectivity index (χ0) is 24.8. The van der Waals surface area contributed by atoms with Crippen LogP contribution in [0.2, 0.25) is 5.02 Å². The Morgan fingerprint density at radius 3 is 2.43 bits per heavy atom. The van der Waals surface area contributed by atoms with Crippen LogP contribution in [0.1, 0.15) is 11.1 Å². The van der Waals surface area contributed by atoms with E-state index in [1.54, 1.807) is 42.6 Å². The number of sulfonamides is 1. The van der Waals surface area contributed by atoms with E-state index in [9.17, 15) is 13.2 Å². The van der Waals surface area contributed by atoms with Gasteiger partial charge in [-0.15, -0.1) is 11.3 Å². The van der Waals surface area contributed by atoms with Gasteiger partial charge in [-0.2, -0.15) is 4.31 Å². The minimum atomic E-state index is -3.91. The van der Waals surface area contributed by atoms with E-state index in [0.29, 0.717) is 16.3 Å². The summed E-state index contributed by atoms with van der Waals surface area (Å²) >= 11 is 7.60. The van der Waals surface area contributed by atoms with Crippen LogP contribution in [0.4, 0.5) is 0 Å². The maximum atomic E-state index is 13.6. The van der Waals surface area contributed by atoms with Crippen LogP contribution >= 0.6 is 22.9 Å². The highest BCUT2D eigenvalue weighted by Crippen LogP contribution is 2.26. The summed E-state index contributed by atoms with van der Waals surface area (Å²) in [4.78, 5) is 15.2. The molecular formula is C25H21ClN2O5S2. The molecule has 35 heavy (non-hydrogen) atoms. The number of aliphatic carboxylic acids is 1. The van der Waals surface area contributed by atoms with Crippen LogP contribution in [0.5, 0.6) is 5.75 Å². The van der Waals surface area contributed by atoms with Gasteiger partial charge in [0.25, 0.3) is 0 Å². The lowest BCUT2D eigenvalue weighted by Gasteiger charge is -2.23. The molecule has 0 spiro atoms. The number of aromatic nitrogens is 1. The topological polar surface area (TPSA) is 96.8 Å². The molecule has 0 fully saturated rings. The van der Waals surface area contributed by atoms with Gasteiger partial charge in [0.05, 0.1) is 4.90 Å². The first kappa shape index (κ1) is 24.9. The second kappa shape index (κ2) is 11.0. The van der Waals surface area contributed by atoms with Gasteiger partial charge in [-0.3, -0.25) is 0 Å². The largest absolute Gasteiger partial charge is 0.482 e. The van der Waals surface area contributed by atoms with Gasteiger partial charge in [0.1, 0.15) is 10.8 Å². The second-order valence-electron chi connectivity index (χ2n) is 7.59. The normalized spacial score (nSPS) is 11.5. The molecule has 1 aromatic heterocycles. The molecule has 7 nitrogen and oxygen atoms in total. The summed E-state index contributed by atoms with van der Waals surface area (Å²) < 4.78 is 33.8. The zero-order valence-corrected chi connectivity index (χ0v) is 20.8. The van der Waals surface area contributed by atoms with Crippen molar-refractivity contribution in [2.24, 2.45) is 0 Å². The van der Waals surface area contributed by atoms with Crippen molar-refractivity contribution in [2.45, 2.75) is 18.0 Å². The van der Waals surface area contributed by atoms with Crippen molar-refractivity contribution < 1.29 is 23.1 Å². The summed E-state index contributed by atoms with van der Waals surface area (Å²) in [5, 5.41) is 12.0. The maximum absolute atomic E-state index is 13.6. The smallest absolute Gasteiger partial charge is 0.341 e. The highest BCUT2D eigenvalue weighted by molar-refractivity contribution is 7.89. The molecular weight excluding hydrogens is 508 g/mol. The third-order valence-corrected chi connectivity index (χ3v) is 7.89. The Kier molecular flexibility index (Phi) is 7.82. The van der Waals surface area contributed by atoms with Gasteiger partial charge in [-0.05, 0) is 41.5 Å². The third-order valence-electron chi connectivity index (χ3n) is 5.05. The van der Waals surface area contributed by atoms with Crippen molar-refractivity contribution in [1.29, 1.82) is 0 Å². The molecule has 4 aromatic rings. The summed E-state index contributed by atoms with van der Waals surface area (Å²) in [5.41, 5.74) is 2.41. The fraction of sp³-hybridized carbons (Fsp3) is 0.120. The first-order valence-corrected chi connectivity index (χ1v) is 13.2. The summed E-state index contributed by atoms with van der Waals surface area (Å²) in [7, 11) is -3.91. The van der Waals surface area contributed by atoms with E-state index >= 15 is 0 Å². The average molecular weight is 529 g/mol. The molecule has 0 aliphatic rings. The summed E-state index contributed by atoms with van der Waals surface area (Å²) in [6, 6.07) is 20.4.